The van der Waals surface area contributed by atoms with Gasteiger partial charge in [0.1, 0.15) is 12.1 Å². The molecule has 23 heavy (non-hydrogen) atoms. The number of ether oxygens (including phenoxy) is 1. The van der Waals surface area contributed by atoms with Crippen LogP contribution in [0.3, 0.4) is 0 Å². The minimum Gasteiger partial charge on any atom is -0.491 e. The number of amides is 2. The standard InChI is InChI=1S/C16H23N5O2/c1-4-8-23-14-9-12(3)6-7-13(14)19-16(22)17-10-15-20-18-11-21(15)5-2/h6-7,9,11H,4-5,8,10H2,1-3H3,(H2,17,19,22). The van der Waals surface area contributed by atoms with Crippen molar-refractivity contribution in [3.05, 3.63) is 35.9 Å². The van der Waals surface area contributed by atoms with Crippen LogP contribution in [0, 0.1) is 6.92 Å². The number of carbonyl (C=O) groups excluding carboxylic acids is 1. The first-order valence-corrected chi connectivity index (χ1v) is 7.79. The average Bonchev–Trinajstić information content (AvgIpc) is 3.00. The van der Waals surface area contributed by atoms with Crippen molar-refractivity contribution in [2.75, 3.05) is 11.9 Å². The number of aryl methyl sites for hydroxylation is 2. The Morgan fingerprint density at radius 1 is 1.35 bits per heavy atom. The molecule has 0 spiro atoms. The van der Waals surface area contributed by atoms with Gasteiger partial charge in [-0.3, -0.25) is 0 Å². The van der Waals surface area contributed by atoms with Crippen LogP contribution in [0.1, 0.15) is 31.7 Å². The molecule has 0 unspecified atom stereocenters. The van der Waals surface area contributed by atoms with E-state index in [2.05, 4.69) is 20.8 Å². The zero-order chi connectivity index (χ0) is 16.7. The van der Waals surface area contributed by atoms with Crippen molar-refractivity contribution in [1.29, 1.82) is 0 Å². The number of carbonyl (C=O) groups is 1. The van der Waals surface area contributed by atoms with Crippen LogP contribution in [0.15, 0.2) is 24.5 Å². The minimum absolute atomic E-state index is 0.305. The fraction of sp³-hybridized carbons (Fsp3) is 0.438. The summed E-state index contributed by atoms with van der Waals surface area (Å²) in [5.74, 6) is 1.40. The Bertz CT molecular complexity index is 654. The highest BCUT2D eigenvalue weighted by molar-refractivity contribution is 5.90. The van der Waals surface area contributed by atoms with Crippen molar-refractivity contribution in [2.45, 2.75) is 40.3 Å². The lowest BCUT2D eigenvalue weighted by Crippen LogP contribution is -2.29. The third kappa shape index (κ3) is 4.70. The van der Waals surface area contributed by atoms with E-state index in [-0.39, 0.29) is 6.03 Å². The van der Waals surface area contributed by atoms with E-state index >= 15 is 0 Å². The molecule has 0 atom stereocenters. The fourth-order valence-corrected chi connectivity index (χ4v) is 2.07. The number of urea groups is 1. The molecule has 0 saturated heterocycles. The molecule has 0 aliphatic rings. The lowest BCUT2D eigenvalue weighted by molar-refractivity contribution is 0.251. The highest BCUT2D eigenvalue weighted by atomic mass is 16.5. The van der Waals surface area contributed by atoms with Gasteiger partial charge in [-0.05, 0) is 38.0 Å². The summed E-state index contributed by atoms with van der Waals surface area (Å²) >= 11 is 0. The molecule has 0 aliphatic heterocycles. The molecular formula is C16H23N5O2. The Hall–Kier alpha value is -2.57. The summed E-state index contributed by atoms with van der Waals surface area (Å²) in [5, 5.41) is 13.4. The Morgan fingerprint density at radius 3 is 2.91 bits per heavy atom. The predicted octanol–water partition coefficient (Wildman–Crippen LogP) is 2.72. The summed E-state index contributed by atoms with van der Waals surface area (Å²) in [5.41, 5.74) is 1.73. The van der Waals surface area contributed by atoms with E-state index in [4.69, 9.17) is 4.74 Å². The summed E-state index contributed by atoms with van der Waals surface area (Å²) in [4.78, 5) is 12.1. The summed E-state index contributed by atoms with van der Waals surface area (Å²) in [6.07, 6.45) is 2.55. The van der Waals surface area contributed by atoms with Crippen molar-refractivity contribution in [3.63, 3.8) is 0 Å². The molecule has 0 bridgehead atoms. The molecule has 124 valence electrons. The van der Waals surface area contributed by atoms with Gasteiger partial charge in [0.25, 0.3) is 0 Å². The number of nitrogens with one attached hydrogen (secondary N) is 2. The minimum atomic E-state index is -0.305. The van der Waals surface area contributed by atoms with Crippen molar-refractivity contribution in [3.8, 4) is 5.75 Å². The second kappa shape index (κ2) is 8.17. The van der Waals surface area contributed by atoms with E-state index in [0.29, 0.717) is 30.4 Å². The number of hydrogen-bond acceptors (Lipinski definition) is 4. The third-order valence-corrected chi connectivity index (χ3v) is 3.29. The van der Waals surface area contributed by atoms with E-state index < -0.39 is 0 Å². The number of rotatable bonds is 7. The molecule has 0 fully saturated rings. The van der Waals surface area contributed by atoms with Gasteiger partial charge in [-0.2, -0.15) is 0 Å². The van der Waals surface area contributed by atoms with Gasteiger partial charge in [-0.15, -0.1) is 10.2 Å². The maximum atomic E-state index is 12.1. The molecule has 2 aromatic rings. The van der Waals surface area contributed by atoms with Crippen LogP contribution in [-0.2, 0) is 13.1 Å². The van der Waals surface area contributed by atoms with E-state index in [1.54, 1.807) is 6.33 Å². The van der Waals surface area contributed by atoms with Crippen LogP contribution in [0.4, 0.5) is 10.5 Å². The zero-order valence-electron chi connectivity index (χ0n) is 13.8. The smallest absolute Gasteiger partial charge is 0.319 e. The van der Waals surface area contributed by atoms with Crippen LogP contribution in [-0.4, -0.2) is 27.4 Å². The molecule has 0 radical (unpaired) electrons. The van der Waals surface area contributed by atoms with Gasteiger partial charge in [-0.1, -0.05) is 13.0 Å². The van der Waals surface area contributed by atoms with Crippen LogP contribution < -0.4 is 15.4 Å². The van der Waals surface area contributed by atoms with Gasteiger partial charge in [0.05, 0.1) is 18.8 Å². The number of benzene rings is 1. The van der Waals surface area contributed by atoms with Crippen LogP contribution in [0.2, 0.25) is 0 Å². The number of hydrogen-bond donors (Lipinski definition) is 2. The molecular weight excluding hydrogens is 294 g/mol. The van der Waals surface area contributed by atoms with E-state index in [9.17, 15) is 4.79 Å². The molecule has 1 aromatic carbocycles. The summed E-state index contributed by atoms with van der Waals surface area (Å²) in [7, 11) is 0. The van der Waals surface area contributed by atoms with Gasteiger partial charge in [-0.25, -0.2) is 4.79 Å². The maximum absolute atomic E-state index is 12.1. The van der Waals surface area contributed by atoms with Crippen LogP contribution in [0.5, 0.6) is 5.75 Å². The van der Waals surface area contributed by atoms with Crippen molar-refractivity contribution < 1.29 is 9.53 Å². The van der Waals surface area contributed by atoms with Gasteiger partial charge in [0.2, 0.25) is 0 Å². The van der Waals surface area contributed by atoms with Crippen molar-refractivity contribution in [2.24, 2.45) is 0 Å². The largest absolute Gasteiger partial charge is 0.491 e. The summed E-state index contributed by atoms with van der Waals surface area (Å²) in [6, 6.07) is 5.39. The summed E-state index contributed by atoms with van der Waals surface area (Å²) < 4.78 is 7.56. The van der Waals surface area contributed by atoms with E-state index in [1.807, 2.05) is 43.5 Å². The average molecular weight is 317 g/mol. The second-order valence-electron chi connectivity index (χ2n) is 5.19. The lowest BCUT2D eigenvalue weighted by atomic mass is 10.2. The zero-order valence-corrected chi connectivity index (χ0v) is 13.8. The Labute approximate surface area is 136 Å². The maximum Gasteiger partial charge on any atom is 0.319 e. The van der Waals surface area contributed by atoms with Gasteiger partial charge < -0.3 is 19.9 Å². The molecule has 0 saturated carbocycles. The van der Waals surface area contributed by atoms with E-state index in [1.165, 1.54) is 0 Å². The van der Waals surface area contributed by atoms with Gasteiger partial charge in [0, 0.05) is 6.54 Å². The van der Waals surface area contributed by atoms with Crippen LogP contribution in [0.25, 0.3) is 0 Å². The normalized spacial score (nSPS) is 10.4. The highest BCUT2D eigenvalue weighted by Crippen LogP contribution is 2.25. The lowest BCUT2D eigenvalue weighted by Gasteiger charge is -2.13. The second-order valence-corrected chi connectivity index (χ2v) is 5.19. The first kappa shape index (κ1) is 16.8. The van der Waals surface area contributed by atoms with Gasteiger partial charge in [0.15, 0.2) is 5.82 Å². The SMILES string of the molecule is CCCOc1cc(C)ccc1NC(=O)NCc1nncn1CC. The number of nitrogens with zero attached hydrogens (tertiary/aromatic N) is 3. The molecule has 0 aliphatic carbocycles. The Balaban J connectivity index is 1.97. The molecule has 7 heteroatoms. The van der Waals surface area contributed by atoms with Crippen molar-refractivity contribution >= 4 is 11.7 Å². The fourth-order valence-electron chi connectivity index (χ4n) is 2.07. The molecule has 1 aromatic heterocycles. The molecule has 1 heterocycles. The Kier molecular flexibility index (Phi) is 5.96. The number of anilines is 1. The van der Waals surface area contributed by atoms with Crippen molar-refractivity contribution in [1.82, 2.24) is 20.1 Å². The molecule has 7 nitrogen and oxygen atoms in total. The predicted molar refractivity (Wildman–Crippen MR) is 88.5 cm³/mol. The highest BCUT2D eigenvalue weighted by Gasteiger charge is 2.09. The Morgan fingerprint density at radius 2 is 2.17 bits per heavy atom. The summed E-state index contributed by atoms with van der Waals surface area (Å²) in [6.45, 7) is 7.71. The third-order valence-electron chi connectivity index (χ3n) is 3.29. The first-order chi connectivity index (χ1) is 11.1. The quantitative estimate of drug-likeness (QED) is 0.822. The molecule has 2 amide bonds. The molecule has 2 N–H and O–H groups in total. The van der Waals surface area contributed by atoms with Crippen LogP contribution >= 0.6 is 0 Å². The monoisotopic (exact) mass is 317 g/mol. The molecule has 2 rings (SSSR count). The number of aromatic nitrogens is 3. The topological polar surface area (TPSA) is 81.1 Å². The van der Waals surface area contributed by atoms with E-state index in [0.717, 1.165) is 18.5 Å². The van der Waals surface area contributed by atoms with Gasteiger partial charge >= 0.3 is 6.03 Å². The first-order valence-electron chi connectivity index (χ1n) is 7.79.